The van der Waals surface area contributed by atoms with Crippen LogP contribution in [0.1, 0.15) is 31.4 Å². The minimum Gasteiger partial charge on any atom is -0.493 e. The number of hydrogen-bond donors (Lipinski definition) is 1. The van der Waals surface area contributed by atoms with Crippen molar-refractivity contribution in [3.63, 3.8) is 0 Å². The Morgan fingerprint density at radius 1 is 1.37 bits per heavy atom. The fourth-order valence-electron chi connectivity index (χ4n) is 2.27. The highest BCUT2D eigenvalue weighted by molar-refractivity contribution is 7.91. The van der Waals surface area contributed by atoms with E-state index in [4.69, 9.17) is 4.74 Å². The van der Waals surface area contributed by atoms with Gasteiger partial charge in [0.25, 0.3) is 0 Å². The lowest BCUT2D eigenvalue weighted by molar-refractivity contribution is 0.253. The van der Waals surface area contributed by atoms with E-state index in [1.807, 2.05) is 18.2 Å². The number of fused-ring (bicyclic) bond motifs is 1. The summed E-state index contributed by atoms with van der Waals surface area (Å²) in [5.41, 5.74) is 1.17. The van der Waals surface area contributed by atoms with Crippen LogP contribution >= 0.6 is 0 Å². The monoisotopic (exact) mass is 283 g/mol. The molecule has 1 unspecified atom stereocenters. The maximum atomic E-state index is 11.4. The summed E-state index contributed by atoms with van der Waals surface area (Å²) in [7, 11) is -2.85. The molecule has 1 atom stereocenters. The van der Waals surface area contributed by atoms with E-state index in [1.165, 1.54) is 5.56 Å². The van der Waals surface area contributed by atoms with Crippen molar-refractivity contribution in [2.24, 2.45) is 0 Å². The van der Waals surface area contributed by atoms with Crippen LogP contribution in [0, 0.1) is 0 Å². The highest BCUT2D eigenvalue weighted by Gasteiger charge is 2.20. The SMILES string of the molecule is CCS(=O)(=O)CCCNC1CCOc2ccccc21. The molecule has 0 aliphatic carbocycles. The van der Waals surface area contributed by atoms with Gasteiger partial charge in [-0.25, -0.2) is 8.42 Å². The fraction of sp³-hybridized carbons (Fsp3) is 0.571. The molecule has 0 amide bonds. The molecule has 1 aliphatic rings. The zero-order chi connectivity index (χ0) is 13.7. The molecule has 0 saturated heterocycles. The third-order valence-electron chi connectivity index (χ3n) is 3.42. The molecule has 0 bridgehead atoms. The zero-order valence-corrected chi connectivity index (χ0v) is 12.1. The summed E-state index contributed by atoms with van der Waals surface area (Å²) in [6.07, 6.45) is 1.59. The molecule has 2 rings (SSSR count). The Hall–Kier alpha value is -1.07. The van der Waals surface area contributed by atoms with Crippen molar-refractivity contribution in [2.45, 2.75) is 25.8 Å². The minimum atomic E-state index is -2.85. The van der Waals surface area contributed by atoms with Gasteiger partial charge in [-0.1, -0.05) is 25.1 Å². The molecular weight excluding hydrogens is 262 g/mol. The van der Waals surface area contributed by atoms with Crippen molar-refractivity contribution >= 4 is 9.84 Å². The quantitative estimate of drug-likeness (QED) is 0.811. The third-order valence-corrected chi connectivity index (χ3v) is 5.21. The number of ether oxygens (including phenoxy) is 1. The Bertz CT molecular complexity index is 513. The molecular formula is C14H21NO3S. The second-order valence-corrected chi connectivity index (χ2v) is 7.24. The average molecular weight is 283 g/mol. The first kappa shape index (κ1) is 14.3. The third kappa shape index (κ3) is 3.94. The second-order valence-electron chi connectivity index (χ2n) is 4.77. The van der Waals surface area contributed by atoms with Gasteiger partial charge in [-0.2, -0.15) is 0 Å². The number of sulfone groups is 1. The lowest BCUT2D eigenvalue weighted by Crippen LogP contribution is -2.28. The van der Waals surface area contributed by atoms with Crippen molar-refractivity contribution < 1.29 is 13.2 Å². The lowest BCUT2D eigenvalue weighted by Gasteiger charge is -2.26. The van der Waals surface area contributed by atoms with Crippen molar-refractivity contribution in [3.05, 3.63) is 29.8 Å². The number of benzene rings is 1. The minimum absolute atomic E-state index is 0.229. The summed E-state index contributed by atoms with van der Waals surface area (Å²) < 4.78 is 28.4. The zero-order valence-electron chi connectivity index (χ0n) is 11.3. The van der Waals surface area contributed by atoms with Crippen LogP contribution in [0.5, 0.6) is 5.75 Å². The first-order valence-corrected chi connectivity index (χ1v) is 8.60. The molecule has 0 spiro atoms. The molecule has 1 heterocycles. The van der Waals surface area contributed by atoms with Crippen LogP contribution in [-0.4, -0.2) is 33.1 Å². The van der Waals surface area contributed by atoms with Gasteiger partial charge in [-0.15, -0.1) is 0 Å². The van der Waals surface area contributed by atoms with Crippen LogP contribution in [-0.2, 0) is 9.84 Å². The van der Waals surface area contributed by atoms with Gasteiger partial charge >= 0.3 is 0 Å². The summed E-state index contributed by atoms with van der Waals surface area (Å²) in [6.45, 7) is 3.12. The van der Waals surface area contributed by atoms with Gasteiger partial charge in [-0.05, 0) is 19.0 Å². The number of para-hydroxylation sites is 1. The van der Waals surface area contributed by atoms with E-state index in [0.29, 0.717) is 13.0 Å². The summed E-state index contributed by atoms with van der Waals surface area (Å²) in [4.78, 5) is 0. The Kier molecular flexibility index (Phi) is 4.82. The molecule has 0 fully saturated rings. The smallest absolute Gasteiger partial charge is 0.150 e. The van der Waals surface area contributed by atoms with Gasteiger partial charge in [0.1, 0.15) is 15.6 Å². The number of nitrogens with one attached hydrogen (secondary N) is 1. The van der Waals surface area contributed by atoms with Crippen LogP contribution in [0.15, 0.2) is 24.3 Å². The van der Waals surface area contributed by atoms with Gasteiger partial charge in [0, 0.05) is 23.8 Å². The molecule has 19 heavy (non-hydrogen) atoms. The molecule has 1 aromatic carbocycles. The van der Waals surface area contributed by atoms with Crippen LogP contribution in [0.2, 0.25) is 0 Å². The summed E-state index contributed by atoms with van der Waals surface area (Å²) in [6, 6.07) is 8.28. The van der Waals surface area contributed by atoms with Crippen molar-refractivity contribution in [3.8, 4) is 5.75 Å². The Balaban J connectivity index is 1.85. The van der Waals surface area contributed by atoms with Crippen LogP contribution < -0.4 is 10.1 Å². The lowest BCUT2D eigenvalue weighted by atomic mass is 10.0. The molecule has 1 N–H and O–H groups in total. The standard InChI is InChI=1S/C14H21NO3S/c1-2-19(16,17)11-5-9-15-13-8-10-18-14-7-4-3-6-12(13)14/h3-4,6-7,13,15H,2,5,8-11H2,1H3. The Morgan fingerprint density at radius 3 is 2.95 bits per heavy atom. The van der Waals surface area contributed by atoms with E-state index >= 15 is 0 Å². The summed E-state index contributed by atoms with van der Waals surface area (Å²) >= 11 is 0. The van der Waals surface area contributed by atoms with E-state index in [9.17, 15) is 8.42 Å². The summed E-state index contributed by atoms with van der Waals surface area (Å²) in [5.74, 6) is 1.43. The summed E-state index contributed by atoms with van der Waals surface area (Å²) in [5, 5.41) is 3.43. The predicted molar refractivity (Wildman–Crippen MR) is 76.2 cm³/mol. The van der Waals surface area contributed by atoms with E-state index in [0.717, 1.165) is 18.7 Å². The van der Waals surface area contributed by atoms with E-state index < -0.39 is 9.84 Å². The Morgan fingerprint density at radius 2 is 2.16 bits per heavy atom. The van der Waals surface area contributed by atoms with E-state index in [-0.39, 0.29) is 17.5 Å². The molecule has 106 valence electrons. The molecule has 0 aromatic heterocycles. The van der Waals surface area contributed by atoms with Crippen molar-refractivity contribution in [1.82, 2.24) is 5.32 Å². The van der Waals surface area contributed by atoms with Gasteiger partial charge in [0.15, 0.2) is 0 Å². The van der Waals surface area contributed by atoms with E-state index in [2.05, 4.69) is 11.4 Å². The van der Waals surface area contributed by atoms with Gasteiger partial charge in [0.2, 0.25) is 0 Å². The maximum absolute atomic E-state index is 11.4. The molecule has 1 aliphatic heterocycles. The van der Waals surface area contributed by atoms with Crippen LogP contribution in [0.25, 0.3) is 0 Å². The largest absolute Gasteiger partial charge is 0.493 e. The van der Waals surface area contributed by atoms with Gasteiger partial charge < -0.3 is 10.1 Å². The second kappa shape index (κ2) is 6.39. The highest BCUT2D eigenvalue weighted by Crippen LogP contribution is 2.31. The van der Waals surface area contributed by atoms with Crippen LogP contribution in [0.3, 0.4) is 0 Å². The van der Waals surface area contributed by atoms with E-state index in [1.54, 1.807) is 6.92 Å². The molecule has 4 nitrogen and oxygen atoms in total. The fourth-order valence-corrected chi connectivity index (χ4v) is 3.14. The number of rotatable bonds is 6. The van der Waals surface area contributed by atoms with Crippen LogP contribution in [0.4, 0.5) is 0 Å². The first-order chi connectivity index (χ1) is 9.12. The molecule has 0 saturated carbocycles. The molecule has 1 aromatic rings. The van der Waals surface area contributed by atoms with Crippen molar-refractivity contribution in [1.29, 1.82) is 0 Å². The highest BCUT2D eigenvalue weighted by atomic mass is 32.2. The van der Waals surface area contributed by atoms with Crippen molar-refractivity contribution in [2.75, 3.05) is 24.7 Å². The maximum Gasteiger partial charge on any atom is 0.150 e. The number of hydrogen-bond acceptors (Lipinski definition) is 4. The average Bonchev–Trinajstić information content (AvgIpc) is 2.44. The first-order valence-electron chi connectivity index (χ1n) is 6.78. The Labute approximate surface area is 115 Å². The topological polar surface area (TPSA) is 55.4 Å². The van der Waals surface area contributed by atoms with Gasteiger partial charge in [-0.3, -0.25) is 0 Å². The normalized spacial score (nSPS) is 18.7. The molecule has 5 heteroatoms. The van der Waals surface area contributed by atoms with Gasteiger partial charge in [0.05, 0.1) is 12.4 Å². The predicted octanol–water partition coefficient (Wildman–Crippen LogP) is 1.92. The molecule has 0 radical (unpaired) electrons.